The molecule has 0 unspecified atom stereocenters. The van der Waals surface area contributed by atoms with Crippen molar-refractivity contribution < 1.29 is 8.78 Å². The SMILES string of the molecule is CC(C)(C)Cn1c(=S)[nH]c2c(F)cc(F)cc21. The van der Waals surface area contributed by atoms with Gasteiger partial charge in [0.05, 0.1) is 5.52 Å². The van der Waals surface area contributed by atoms with Crippen LogP contribution in [-0.2, 0) is 6.54 Å². The molecule has 0 fully saturated rings. The molecule has 1 aromatic carbocycles. The van der Waals surface area contributed by atoms with Crippen molar-refractivity contribution >= 4 is 23.3 Å². The third-order valence-corrected chi connectivity index (χ3v) is 2.76. The average Bonchev–Trinajstić information content (AvgIpc) is 2.43. The molecular formula is C12H14F2N2S. The lowest BCUT2D eigenvalue weighted by Crippen LogP contribution is -2.15. The monoisotopic (exact) mass is 256 g/mol. The van der Waals surface area contributed by atoms with Gasteiger partial charge in [0.15, 0.2) is 10.6 Å². The van der Waals surface area contributed by atoms with E-state index in [-0.39, 0.29) is 10.9 Å². The average molecular weight is 256 g/mol. The van der Waals surface area contributed by atoms with E-state index < -0.39 is 11.6 Å². The third kappa shape index (κ3) is 2.39. The molecule has 0 radical (unpaired) electrons. The van der Waals surface area contributed by atoms with Crippen LogP contribution in [-0.4, -0.2) is 9.55 Å². The van der Waals surface area contributed by atoms with E-state index in [0.29, 0.717) is 16.8 Å². The summed E-state index contributed by atoms with van der Waals surface area (Å²) in [6, 6.07) is 2.16. The second-order valence-electron chi connectivity index (χ2n) is 5.36. The Hall–Kier alpha value is -1.23. The third-order valence-electron chi connectivity index (χ3n) is 2.43. The van der Waals surface area contributed by atoms with Crippen molar-refractivity contribution in [3.05, 3.63) is 28.5 Å². The number of halogens is 2. The molecule has 92 valence electrons. The van der Waals surface area contributed by atoms with Gasteiger partial charge in [-0.2, -0.15) is 0 Å². The molecule has 1 N–H and O–H groups in total. The fourth-order valence-corrected chi connectivity index (χ4v) is 2.08. The predicted octanol–water partition coefficient (Wildman–Crippen LogP) is 4.02. The topological polar surface area (TPSA) is 20.7 Å². The standard InChI is InChI=1S/C12H14F2N2S/c1-12(2,3)6-16-9-5-7(13)4-8(14)10(9)15-11(16)17/h4-5H,6H2,1-3H3,(H,15,17). The highest BCUT2D eigenvalue weighted by atomic mass is 32.1. The number of nitrogens with one attached hydrogen (secondary N) is 1. The molecule has 2 aromatic rings. The summed E-state index contributed by atoms with van der Waals surface area (Å²) in [6.07, 6.45) is 0. The molecular weight excluding hydrogens is 242 g/mol. The van der Waals surface area contributed by atoms with Crippen LogP contribution in [0.25, 0.3) is 11.0 Å². The van der Waals surface area contributed by atoms with Crippen molar-refractivity contribution in [3.8, 4) is 0 Å². The molecule has 0 saturated carbocycles. The number of aromatic nitrogens is 2. The number of benzene rings is 1. The van der Waals surface area contributed by atoms with E-state index in [2.05, 4.69) is 4.98 Å². The number of H-pyrrole nitrogens is 1. The van der Waals surface area contributed by atoms with Crippen LogP contribution in [0.1, 0.15) is 20.8 Å². The minimum absolute atomic E-state index is 0.0177. The second-order valence-corrected chi connectivity index (χ2v) is 5.75. The Kier molecular flexibility index (Phi) is 2.81. The smallest absolute Gasteiger partial charge is 0.178 e. The fraction of sp³-hybridized carbons (Fsp3) is 0.417. The van der Waals surface area contributed by atoms with Crippen LogP contribution in [0, 0.1) is 21.8 Å². The molecule has 0 atom stereocenters. The van der Waals surface area contributed by atoms with Crippen molar-refractivity contribution in [2.24, 2.45) is 5.41 Å². The number of hydrogen-bond donors (Lipinski definition) is 1. The maximum absolute atomic E-state index is 13.5. The summed E-state index contributed by atoms with van der Waals surface area (Å²) in [5.74, 6) is -1.20. The predicted molar refractivity (Wildman–Crippen MR) is 66.5 cm³/mol. The molecule has 0 spiro atoms. The Balaban J connectivity index is 2.71. The molecule has 0 saturated heterocycles. The molecule has 0 aliphatic carbocycles. The van der Waals surface area contributed by atoms with E-state index >= 15 is 0 Å². The fourth-order valence-electron chi connectivity index (χ4n) is 1.81. The van der Waals surface area contributed by atoms with Crippen molar-refractivity contribution in [1.29, 1.82) is 0 Å². The van der Waals surface area contributed by atoms with Gasteiger partial charge in [-0.1, -0.05) is 20.8 Å². The van der Waals surface area contributed by atoms with Gasteiger partial charge in [0.25, 0.3) is 0 Å². The van der Waals surface area contributed by atoms with E-state index in [1.54, 1.807) is 4.57 Å². The second kappa shape index (κ2) is 3.91. The Morgan fingerprint density at radius 2 is 1.94 bits per heavy atom. The molecule has 0 amide bonds. The molecule has 1 heterocycles. The van der Waals surface area contributed by atoms with Crippen LogP contribution < -0.4 is 0 Å². The lowest BCUT2D eigenvalue weighted by Gasteiger charge is -2.19. The lowest BCUT2D eigenvalue weighted by atomic mass is 9.97. The largest absolute Gasteiger partial charge is 0.328 e. The van der Waals surface area contributed by atoms with Crippen molar-refractivity contribution in [2.45, 2.75) is 27.3 Å². The lowest BCUT2D eigenvalue weighted by molar-refractivity contribution is 0.346. The highest BCUT2D eigenvalue weighted by Gasteiger charge is 2.16. The minimum atomic E-state index is -0.612. The van der Waals surface area contributed by atoms with Crippen LogP contribution in [0.5, 0.6) is 0 Å². The number of fused-ring (bicyclic) bond motifs is 1. The Morgan fingerprint density at radius 1 is 1.29 bits per heavy atom. The maximum Gasteiger partial charge on any atom is 0.178 e. The first-order valence-corrected chi connectivity index (χ1v) is 5.76. The molecule has 0 aliphatic rings. The van der Waals surface area contributed by atoms with Gasteiger partial charge >= 0.3 is 0 Å². The van der Waals surface area contributed by atoms with Gasteiger partial charge in [0.1, 0.15) is 11.3 Å². The van der Waals surface area contributed by atoms with E-state index in [9.17, 15) is 8.78 Å². The number of nitrogens with zero attached hydrogens (tertiary/aromatic N) is 1. The number of hydrogen-bond acceptors (Lipinski definition) is 1. The summed E-state index contributed by atoms with van der Waals surface area (Å²) in [5.41, 5.74) is 0.721. The van der Waals surface area contributed by atoms with Crippen LogP contribution in [0.2, 0.25) is 0 Å². The summed E-state index contributed by atoms with van der Waals surface area (Å²) in [6.45, 7) is 6.74. The van der Waals surface area contributed by atoms with Crippen LogP contribution in [0.3, 0.4) is 0 Å². The van der Waals surface area contributed by atoms with Crippen LogP contribution in [0.15, 0.2) is 12.1 Å². The Labute approximate surface area is 103 Å². The molecule has 0 aliphatic heterocycles. The summed E-state index contributed by atoms with van der Waals surface area (Å²) < 4.78 is 28.9. The van der Waals surface area contributed by atoms with Gasteiger partial charge in [-0.3, -0.25) is 0 Å². The zero-order valence-corrected chi connectivity index (χ0v) is 10.8. The number of imidazole rings is 1. The normalized spacial score (nSPS) is 12.3. The van der Waals surface area contributed by atoms with Crippen molar-refractivity contribution in [1.82, 2.24) is 9.55 Å². The first kappa shape index (κ1) is 12.2. The van der Waals surface area contributed by atoms with E-state index in [1.165, 1.54) is 6.07 Å². The quantitative estimate of drug-likeness (QED) is 0.764. The maximum atomic E-state index is 13.5. The van der Waals surface area contributed by atoms with Gasteiger partial charge in [0, 0.05) is 12.6 Å². The van der Waals surface area contributed by atoms with Gasteiger partial charge in [-0.15, -0.1) is 0 Å². The number of aromatic amines is 1. The molecule has 2 rings (SSSR count). The highest BCUT2D eigenvalue weighted by Crippen LogP contribution is 2.24. The van der Waals surface area contributed by atoms with Crippen molar-refractivity contribution in [2.75, 3.05) is 0 Å². The molecule has 5 heteroatoms. The van der Waals surface area contributed by atoms with Crippen molar-refractivity contribution in [3.63, 3.8) is 0 Å². The van der Waals surface area contributed by atoms with Gasteiger partial charge in [-0.25, -0.2) is 8.78 Å². The minimum Gasteiger partial charge on any atom is -0.328 e. The molecule has 17 heavy (non-hydrogen) atoms. The van der Waals surface area contributed by atoms with E-state index in [1.807, 2.05) is 20.8 Å². The number of rotatable bonds is 1. The zero-order valence-electron chi connectivity index (χ0n) is 9.97. The summed E-state index contributed by atoms with van der Waals surface area (Å²) in [4.78, 5) is 2.78. The first-order valence-electron chi connectivity index (χ1n) is 5.35. The van der Waals surface area contributed by atoms with Crippen LogP contribution >= 0.6 is 12.2 Å². The molecule has 0 bridgehead atoms. The van der Waals surface area contributed by atoms with Gasteiger partial charge < -0.3 is 9.55 Å². The summed E-state index contributed by atoms with van der Waals surface area (Å²) >= 11 is 5.14. The zero-order chi connectivity index (χ0) is 12.8. The van der Waals surface area contributed by atoms with E-state index in [4.69, 9.17) is 12.2 Å². The summed E-state index contributed by atoms with van der Waals surface area (Å²) in [7, 11) is 0. The first-order chi connectivity index (χ1) is 7.78. The molecule has 1 aromatic heterocycles. The summed E-state index contributed by atoms with van der Waals surface area (Å²) in [5, 5.41) is 0. The van der Waals surface area contributed by atoms with Crippen LogP contribution in [0.4, 0.5) is 8.78 Å². The van der Waals surface area contributed by atoms with E-state index in [0.717, 1.165) is 6.07 Å². The Bertz CT molecular complexity index is 620. The molecule has 2 nitrogen and oxygen atoms in total. The Morgan fingerprint density at radius 3 is 2.53 bits per heavy atom. The highest BCUT2D eigenvalue weighted by molar-refractivity contribution is 7.71. The van der Waals surface area contributed by atoms with Gasteiger partial charge in [0.2, 0.25) is 0 Å². The van der Waals surface area contributed by atoms with Gasteiger partial charge in [-0.05, 0) is 23.7 Å².